The average molecular weight is 701 g/mol. The summed E-state index contributed by atoms with van der Waals surface area (Å²) in [6.45, 7) is 9.99. The molecule has 0 radical (unpaired) electrons. The lowest BCUT2D eigenvalue weighted by atomic mass is 10.2. The molecule has 0 aliphatic carbocycles. The van der Waals surface area contributed by atoms with Crippen molar-refractivity contribution in [1.29, 1.82) is 0 Å². The predicted molar refractivity (Wildman–Crippen MR) is 156 cm³/mol. The van der Waals surface area contributed by atoms with Gasteiger partial charge in [-0.2, -0.15) is 21.6 Å². The minimum atomic E-state index is -5.96. The van der Waals surface area contributed by atoms with Gasteiger partial charge in [0.15, 0.2) is 16.0 Å². The number of ether oxygens (including phenoxy) is 2. The molecule has 0 fully saturated rings. The van der Waals surface area contributed by atoms with Gasteiger partial charge in [-0.05, 0) is 65.8 Å². The lowest BCUT2D eigenvalue weighted by Crippen LogP contribution is -2.28. The molecule has 0 spiro atoms. The maximum atomic E-state index is 13.9. The number of benzene rings is 2. The number of rotatable bonds is 4. The summed E-state index contributed by atoms with van der Waals surface area (Å²) in [7, 11) is -5.96. The molecule has 20 heteroatoms. The summed E-state index contributed by atoms with van der Waals surface area (Å²) < 4.78 is 101. The van der Waals surface area contributed by atoms with Crippen LogP contribution in [0.5, 0.6) is 11.5 Å². The molecule has 0 aliphatic heterocycles. The topological polar surface area (TPSA) is 166 Å². The van der Waals surface area contributed by atoms with Gasteiger partial charge in [-0.3, -0.25) is 10.6 Å². The van der Waals surface area contributed by atoms with Crippen molar-refractivity contribution in [3.05, 3.63) is 35.9 Å². The molecule has 0 saturated heterocycles. The van der Waals surface area contributed by atoms with Crippen molar-refractivity contribution in [3.8, 4) is 11.5 Å². The largest absolute Gasteiger partial charge is 0.534 e. The normalized spacial score (nSPS) is 12.3. The molecule has 0 unspecified atom stereocenters. The SMILES string of the molecule is CC(C)(C)OC(=O)Nc1nc2c(O)ccc(F)c2s1.CC(C)(C)OC(=O)Nc1nc2c(OS(=O)(=O)C(F)(F)F)ccc(F)c2s1. The van der Waals surface area contributed by atoms with Crippen LogP contribution in [0.3, 0.4) is 0 Å². The maximum Gasteiger partial charge on any atom is 0.534 e. The third-order valence-electron chi connectivity index (χ3n) is 4.63. The summed E-state index contributed by atoms with van der Waals surface area (Å²) in [5.41, 5.74) is -7.50. The number of alkyl halides is 3. The Bertz CT molecular complexity index is 1810. The van der Waals surface area contributed by atoms with E-state index < -0.39 is 61.9 Å². The number of anilines is 2. The Morgan fingerprint density at radius 3 is 1.62 bits per heavy atom. The third kappa shape index (κ3) is 9.47. The molecule has 2 aromatic heterocycles. The van der Waals surface area contributed by atoms with Crippen molar-refractivity contribution < 1.29 is 58.7 Å². The zero-order valence-electron chi connectivity index (χ0n) is 24.1. The van der Waals surface area contributed by atoms with Crippen LogP contribution in [0.1, 0.15) is 41.5 Å². The number of fused-ring (bicyclic) bond motifs is 2. The standard InChI is InChI=1S/C13H12F4N2O5S2.C12H13FN2O3S/c1-12(2,3)23-11(20)19-10-18-8-7(5-4-6(14)9(8)25-10)24-26(21,22)13(15,16)17;1-12(2,3)18-11(17)15-10-14-8-7(16)5-4-6(13)9(8)19-10/h4-5H,1-3H3,(H,18,19,20);4-5,16H,1-3H3,(H,14,15,17). The molecule has 2 amide bonds. The van der Waals surface area contributed by atoms with E-state index in [1.54, 1.807) is 41.5 Å². The van der Waals surface area contributed by atoms with E-state index in [-0.39, 0.29) is 30.9 Å². The van der Waals surface area contributed by atoms with Gasteiger partial charge in [-0.15, -0.1) is 0 Å². The van der Waals surface area contributed by atoms with Crippen LogP contribution < -0.4 is 14.8 Å². The van der Waals surface area contributed by atoms with Crippen molar-refractivity contribution in [2.24, 2.45) is 0 Å². The highest BCUT2D eigenvalue weighted by Crippen LogP contribution is 2.37. The number of phenols is 1. The number of halogens is 5. The van der Waals surface area contributed by atoms with Crippen LogP contribution in [-0.4, -0.2) is 52.4 Å². The zero-order valence-corrected chi connectivity index (χ0v) is 26.6. The van der Waals surface area contributed by atoms with E-state index >= 15 is 0 Å². The summed E-state index contributed by atoms with van der Waals surface area (Å²) in [5.74, 6) is -2.34. The second kappa shape index (κ2) is 12.8. The first kappa shape index (κ1) is 35.4. The molecule has 0 atom stereocenters. The van der Waals surface area contributed by atoms with Crippen LogP contribution in [-0.2, 0) is 19.6 Å². The smallest absolute Gasteiger partial charge is 0.506 e. The number of hydrogen-bond acceptors (Lipinski definition) is 12. The van der Waals surface area contributed by atoms with Crippen molar-refractivity contribution in [2.75, 3.05) is 10.6 Å². The van der Waals surface area contributed by atoms with E-state index in [1.165, 1.54) is 6.07 Å². The Labute approximate surface area is 260 Å². The second-order valence-electron chi connectivity index (χ2n) is 10.7. The molecule has 4 rings (SSSR count). The van der Waals surface area contributed by atoms with Crippen molar-refractivity contribution >= 4 is 75.7 Å². The quantitative estimate of drug-likeness (QED) is 0.110. The first-order valence-electron chi connectivity index (χ1n) is 12.3. The van der Waals surface area contributed by atoms with Crippen LogP contribution in [0, 0.1) is 11.6 Å². The minimum Gasteiger partial charge on any atom is -0.506 e. The Morgan fingerprint density at radius 2 is 1.20 bits per heavy atom. The van der Waals surface area contributed by atoms with Crippen LogP contribution in [0.15, 0.2) is 24.3 Å². The van der Waals surface area contributed by atoms with E-state index in [0.717, 1.165) is 23.5 Å². The van der Waals surface area contributed by atoms with Crippen molar-refractivity contribution in [2.45, 2.75) is 58.3 Å². The molecule has 45 heavy (non-hydrogen) atoms. The number of phenolic OH excluding ortho intramolecular Hbond substituents is 1. The number of carbonyl (C=O) groups is 2. The van der Waals surface area contributed by atoms with E-state index in [1.807, 2.05) is 0 Å². The molecule has 2 heterocycles. The Morgan fingerprint density at radius 1 is 0.778 bits per heavy atom. The first-order chi connectivity index (χ1) is 20.5. The molecule has 4 aromatic rings. The molecule has 3 N–H and O–H groups in total. The zero-order chi connectivity index (χ0) is 34.1. The summed E-state index contributed by atoms with van der Waals surface area (Å²) in [5, 5.41) is 14.1. The fourth-order valence-corrected chi connectivity index (χ4v) is 5.25. The lowest BCUT2D eigenvalue weighted by Gasteiger charge is -2.18. The molecule has 246 valence electrons. The van der Waals surface area contributed by atoms with E-state index in [4.69, 9.17) is 9.47 Å². The fourth-order valence-electron chi connectivity index (χ4n) is 3.04. The highest BCUT2D eigenvalue weighted by Gasteiger charge is 2.49. The third-order valence-corrected chi connectivity index (χ3v) is 7.56. The van der Waals surface area contributed by atoms with Crippen LogP contribution in [0.25, 0.3) is 20.4 Å². The lowest BCUT2D eigenvalue weighted by molar-refractivity contribution is -0.0499. The summed E-state index contributed by atoms with van der Waals surface area (Å²) in [4.78, 5) is 30.9. The molecular formula is C25H25F5N4O8S3. The number of aromatic hydroxyl groups is 1. The van der Waals surface area contributed by atoms with Crippen LogP contribution in [0.4, 0.5) is 41.8 Å². The molecular weight excluding hydrogens is 675 g/mol. The van der Waals surface area contributed by atoms with Crippen LogP contribution >= 0.6 is 22.7 Å². The van der Waals surface area contributed by atoms with Gasteiger partial charge in [0.05, 0.1) is 9.40 Å². The number of amides is 2. The van der Waals surface area contributed by atoms with Gasteiger partial charge in [0.1, 0.15) is 39.6 Å². The molecule has 0 bridgehead atoms. The minimum absolute atomic E-state index is 0.121. The molecule has 12 nitrogen and oxygen atoms in total. The molecule has 0 aliphatic rings. The highest BCUT2D eigenvalue weighted by atomic mass is 32.2. The number of thiazole rings is 2. The highest BCUT2D eigenvalue weighted by molar-refractivity contribution is 7.88. The Hall–Kier alpha value is -4.04. The van der Waals surface area contributed by atoms with Gasteiger partial charge in [0, 0.05) is 0 Å². The van der Waals surface area contributed by atoms with Gasteiger partial charge in [-0.1, -0.05) is 22.7 Å². The summed E-state index contributed by atoms with van der Waals surface area (Å²) in [6, 6.07) is 3.78. The van der Waals surface area contributed by atoms with E-state index in [9.17, 15) is 45.1 Å². The molecule has 2 aromatic carbocycles. The monoisotopic (exact) mass is 700 g/mol. The van der Waals surface area contributed by atoms with Gasteiger partial charge in [0.25, 0.3) is 0 Å². The Balaban J connectivity index is 0.000000257. The number of carbonyl (C=O) groups excluding carboxylic acids is 2. The van der Waals surface area contributed by atoms with Gasteiger partial charge < -0.3 is 18.8 Å². The van der Waals surface area contributed by atoms with E-state index in [0.29, 0.717) is 17.4 Å². The first-order valence-corrected chi connectivity index (χ1v) is 15.4. The van der Waals surface area contributed by atoms with Gasteiger partial charge >= 0.3 is 27.8 Å². The number of nitrogens with zero attached hydrogens (tertiary/aromatic N) is 2. The maximum absolute atomic E-state index is 13.9. The summed E-state index contributed by atoms with van der Waals surface area (Å²) in [6.07, 6.45) is -1.60. The molecule has 0 saturated carbocycles. The number of hydrogen-bond donors (Lipinski definition) is 3. The number of nitrogens with one attached hydrogen (secondary N) is 2. The summed E-state index contributed by atoms with van der Waals surface area (Å²) >= 11 is 1.51. The van der Waals surface area contributed by atoms with Crippen molar-refractivity contribution in [3.63, 3.8) is 0 Å². The van der Waals surface area contributed by atoms with E-state index in [2.05, 4.69) is 24.8 Å². The average Bonchev–Trinajstić information content (AvgIpc) is 3.46. The fraction of sp³-hybridized carbons (Fsp3) is 0.360. The van der Waals surface area contributed by atoms with Crippen molar-refractivity contribution in [1.82, 2.24) is 9.97 Å². The Kier molecular flexibility index (Phi) is 10.0. The predicted octanol–water partition coefficient (Wildman–Crippen LogP) is 7.50. The second-order valence-corrected chi connectivity index (χ2v) is 14.3. The van der Waals surface area contributed by atoms with Gasteiger partial charge in [0.2, 0.25) is 0 Å². The van der Waals surface area contributed by atoms with Gasteiger partial charge in [-0.25, -0.2) is 28.3 Å². The number of aromatic nitrogens is 2. The van der Waals surface area contributed by atoms with Crippen LogP contribution in [0.2, 0.25) is 0 Å².